The highest BCUT2D eigenvalue weighted by Gasteiger charge is 2.38. The van der Waals surface area contributed by atoms with Gasteiger partial charge in [0.1, 0.15) is 16.7 Å². The summed E-state index contributed by atoms with van der Waals surface area (Å²) < 4.78 is 59.3. The topological polar surface area (TPSA) is 107 Å². The maximum Gasteiger partial charge on any atom is 0.247 e. The SMILES string of the molecule is C[C@@H]1CN([C@@H](C)CO)S(=O)(=O)c2ccc(C#CCN(C)C)cc2O[C@@H]1CN(C)S(C)(=O)=O. The lowest BCUT2D eigenvalue weighted by molar-refractivity contribution is 0.0905. The van der Waals surface area contributed by atoms with Crippen molar-refractivity contribution in [3.63, 3.8) is 0 Å². The van der Waals surface area contributed by atoms with E-state index in [0.29, 0.717) is 12.1 Å². The molecule has 0 spiro atoms. The van der Waals surface area contributed by atoms with E-state index in [-0.39, 0.29) is 36.3 Å². The Morgan fingerprint density at radius 2 is 1.97 bits per heavy atom. The molecule has 1 heterocycles. The molecule has 0 saturated heterocycles. The minimum absolute atomic E-state index is 0.0325. The first-order valence-electron chi connectivity index (χ1n) is 10.3. The molecule has 1 aromatic rings. The van der Waals surface area contributed by atoms with Gasteiger partial charge in [-0.1, -0.05) is 18.8 Å². The molecule has 2 rings (SSSR count). The average molecular weight is 488 g/mol. The first-order chi connectivity index (χ1) is 14.8. The van der Waals surface area contributed by atoms with Crippen LogP contribution in [0.1, 0.15) is 19.4 Å². The summed E-state index contributed by atoms with van der Waals surface area (Å²) in [5.41, 5.74) is 0.589. The highest BCUT2D eigenvalue weighted by Crippen LogP contribution is 2.34. The Labute approximate surface area is 192 Å². The standard InChI is InChI=1S/C21H33N3O6S2/c1-16-13-24(17(2)15-25)32(28,29)21-10-9-18(8-7-11-22(3)4)12-19(21)30-20(16)14-23(5)31(6,26)27/h9-10,12,16-17,20,25H,11,13-15H2,1-6H3/t16-,17+,20-/m1/s1. The predicted octanol–water partition coefficient (Wildman–Crippen LogP) is 0.260. The normalized spacial score (nSPS) is 22.3. The van der Waals surface area contributed by atoms with E-state index >= 15 is 0 Å². The van der Waals surface area contributed by atoms with E-state index in [9.17, 15) is 21.9 Å². The number of hydrogen-bond donors (Lipinski definition) is 1. The van der Waals surface area contributed by atoms with E-state index in [1.807, 2.05) is 19.0 Å². The molecule has 0 amide bonds. The van der Waals surface area contributed by atoms with Crippen LogP contribution in [0.5, 0.6) is 5.75 Å². The number of fused-ring (bicyclic) bond motifs is 1. The summed E-state index contributed by atoms with van der Waals surface area (Å²) in [5, 5.41) is 9.67. The number of aliphatic hydroxyl groups excluding tert-OH is 1. The van der Waals surface area contributed by atoms with Crippen LogP contribution in [0.25, 0.3) is 0 Å². The number of aliphatic hydroxyl groups is 1. The summed E-state index contributed by atoms with van der Waals surface area (Å²) in [6.45, 7) is 3.76. The molecular formula is C21H33N3O6S2. The first kappa shape index (κ1) is 26.6. The summed E-state index contributed by atoms with van der Waals surface area (Å²) in [6.07, 6.45) is 0.500. The highest BCUT2D eigenvalue weighted by molar-refractivity contribution is 7.89. The van der Waals surface area contributed by atoms with Gasteiger partial charge in [-0.15, -0.1) is 0 Å². The third kappa shape index (κ3) is 6.43. The molecule has 0 unspecified atom stereocenters. The quantitative estimate of drug-likeness (QED) is 0.574. The van der Waals surface area contributed by atoms with Crippen molar-refractivity contribution in [2.24, 2.45) is 5.92 Å². The van der Waals surface area contributed by atoms with Crippen molar-refractivity contribution in [3.05, 3.63) is 23.8 Å². The summed E-state index contributed by atoms with van der Waals surface area (Å²) in [6, 6.07) is 3.99. The van der Waals surface area contributed by atoms with Crippen molar-refractivity contribution in [2.75, 3.05) is 53.6 Å². The minimum atomic E-state index is -3.96. The zero-order chi connectivity index (χ0) is 24.3. The molecule has 1 aromatic carbocycles. The zero-order valence-electron chi connectivity index (χ0n) is 19.4. The van der Waals surface area contributed by atoms with E-state index in [0.717, 1.165) is 6.26 Å². The molecular weight excluding hydrogens is 454 g/mol. The molecule has 180 valence electrons. The van der Waals surface area contributed by atoms with Gasteiger partial charge in [-0.2, -0.15) is 4.31 Å². The van der Waals surface area contributed by atoms with Crippen LogP contribution in [-0.2, 0) is 20.0 Å². The fourth-order valence-corrected chi connectivity index (χ4v) is 5.45. The van der Waals surface area contributed by atoms with Crippen LogP contribution in [0.3, 0.4) is 0 Å². The van der Waals surface area contributed by atoms with E-state index in [2.05, 4.69) is 11.8 Å². The van der Waals surface area contributed by atoms with E-state index in [4.69, 9.17) is 4.74 Å². The van der Waals surface area contributed by atoms with Crippen molar-refractivity contribution < 1.29 is 26.7 Å². The van der Waals surface area contributed by atoms with E-state index < -0.39 is 32.2 Å². The molecule has 0 bridgehead atoms. The fourth-order valence-electron chi connectivity index (χ4n) is 3.21. The van der Waals surface area contributed by atoms with Crippen LogP contribution in [-0.4, -0.2) is 101 Å². The van der Waals surface area contributed by atoms with Crippen LogP contribution in [0.2, 0.25) is 0 Å². The molecule has 3 atom stereocenters. The molecule has 32 heavy (non-hydrogen) atoms. The average Bonchev–Trinajstić information content (AvgIpc) is 2.68. The van der Waals surface area contributed by atoms with Crippen molar-refractivity contribution >= 4 is 20.0 Å². The number of ether oxygens (including phenoxy) is 1. The van der Waals surface area contributed by atoms with Gasteiger partial charge in [0, 0.05) is 31.1 Å². The highest BCUT2D eigenvalue weighted by atomic mass is 32.2. The van der Waals surface area contributed by atoms with Crippen LogP contribution in [0.4, 0.5) is 0 Å². The third-order valence-electron chi connectivity index (χ3n) is 5.30. The summed E-state index contributed by atoms with van der Waals surface area (Å²) >= 11 is 0. The molecule has 0 aromatic heterocycles. The van der Waals surface area contributed by atoms with Crippen LogP contribution >= 0.6 is 0 Å². The van der Waals surface area contributed by atoms with Gasteiger partial charge in [-0.25, -0.2) is 21.1 Å². The van der Waals surface area contributed by atoms with Crippen molar-refractivity contribution in [1.29, 1.82) is 0 Å². The lowest BCUT2D eigenvalue weighted by Gasteiger charge is -2.37. The molecule has 0 aliphatic carbocycles. The van der Waals surface area contributed by atoms with Gasteiger partial charge < -0.3 is 9.84 Å². The van der Waals surface area contributed by atoms with Gasteiger partial charge in [0.15, 0.2) is 0 Å². The molecule has 11 heteroatoms. The number of sulfonamides is 2. The van der Waals surface area contributed by atoms with E-state index in [1.165, 1.54) is 21.7 Å². The number of rotatable bonds is 6. The molecule has 1 aliphatic heterocycles. The molecule has 1 N–H and O–H groups in total. The van der Waals surface area contributed by atoms with Gasteiger partial charge >= 0.3 is 0 Å². The third-order valence-corrected chi connectivity index (χ3v) is 8.60. The van der Waals surface area contributed by atoms with Crippen LogP contribution < -0.4 is 4.74 Å². The zero-order valence-corrected chi connectivity index (χ0v) is 21.1. The predicted molar refractivity (Wildman–Crippen MR) is 123 cm³/mol. The Morgan fingerprint density at radius 3 is 2.53 bits per heavy atom. The fraction of sp³-hybridized carbons (Fsp3) is 0.619. The second kappa shape index (κ2) is 10.5. The van der Waals surface area contributed by atoms with Gasteiger partial charge in [-0.05, 0) is 39.2 Å². The number of benzene rings is 1. The van der Waals surface area contributed by atoms with Gasteiger partial charge in [-0.3, -0.25) is 4.90 Å². The second-order valence-electron chi connectivity index (χ2n) is 8.48. The Kier molecular flexibility index (Phi) is 8.72. The molecule has 0 saturated carbocycles. The first-order valence-corrected chi connectivity index (χ1v) is 13.5. The second-order valence-corrected chi connectivity index (χ2v) is 12.4. The lowest BCUT2D eigenvalue weighted by atomic mass is 10.0. The molecule has 0 radical (unpaired) electrons. The van der Waals surface area contributed by atoms with Crippen molar-refractivity contribution in [2.45, 2.75) is 30.9 Å². The van der Waals surface area contributed by atoms with Gasteiger partial charge in [0.25, 0.3) is 0 Å². The van der Waals surface area contributed by atoms with Crippen LogP contribution in [0, 0.1) is 17.8 Å². The Bertz CT molecular complexity index is 1080. The van der Waals surface area contributed by atoms with Crippen molar-refractivity contribution in [3.8, 4) is 17.6 Å². The largest absolute Gasteiger partial charge is 0.487 e. The number of likely N-dealkylation sites (N-methyl/N-ethyl adjacent to an activating group) is 1. The maximum atomic E-state index is 13.4. The lowest BCUT2D eigenvalue weighted by Crippen LogP contribution is -2.50. The van der Waals surface area contributed by atoms with Gasteiger partial charge in [0.2, 0.25) is 20.0 Å². The molecule has 9 nitrogen and oxygen atoms in total. The Hall–Kier alpha value is -1.68. The summed E-state index contributed by atoms with van der Waals surface area (Å²) in [4.78, 5) is 1.88. The number of hydrogen-bond acceptors (Lipinski definition) is 7. The maximum absolute atomic E-state index is 13.4. The summed E-state index contributed by atoms with van der Waals surface area (Å²) in [7, 11) is -2.17. The molecule has 1 aliphatic rings. The smallest absolute Gasteiger partial charge is 0.247 e. The number of nitrogens with zero attached hydrogens (tertiary/aromatic N) is 3. The Balaban J connectivity index is 2.59. The minimum Gasteiger partial charge on any atom is -0.487 e. The van der Waals surface area contributed by atoms with Crippen molar-refractivity contribution in [1.82, 2.24) is 13.5 Å². The van der Waals surface area contributed by atoms with Gasteiger partial charge in [0.05, 0.1) is 26.0 Å². The van der Waals surface area contributed by atoms with Crippen LogP contribution in [0.15, 0.2) is 23.1 Å². The summed E-state index contributed by atoms with van der Waals surface area (Å²) in [5.74, 6) is 5.78. The monoisotopic (exact) mass is 487 g/mol. The van der Waals surface area contributed by atoms with E-state index in [1.54, 1.807) is 26.0 Å². The Morgan fingerprint density at radius 1 is 1.31 bits per heavy atom. The molecule has 0 fully saturated rings.